The van der Waals surface area contributed by atoms with E-state index < -0.39 is 23.8 Å². The van der Waals surface area contributed by atoms with Gasteiger partial charge >= 0.3 is 0 Å². The van der Waals surface area contributed by atoms with Gasteiger partial charge in [0, 0.05) is 52.2 Å². The summed E-state index contributed by atoms with van der Waals surface area (Å²) in [4.78, 5) is 68.5. The molecular weight excluding hydrogens is 654 g/mol. The summed E-state index contributed by atoms with van der Waals surface area (Å²) in [5.41, 5.74) is 6.09. The quantitative estimate of drug-likeness (QED) is 0.438. The number of likely N-dealkylation sites (tertiary alicyclic amines) is 1. The molecule has 240 valence electrons. The van der Waals surface area contributed by atoms with Gasteiger partial charge in [0.05, 0.1) is 23.0 Å². The van der Waals surface area contributed by atoms with Crippen molar-refractivity contribution in [2.75, 3.05) is 32.0 Å². The lowest BCUT2D eigenvalue weighted by atomic mass is 9.82. The third-order valence-corrected chi connectivity index (χ3v) is 10.6. The molecule has 0 spiro atoms. The average Bonchev–Trinajstić information content (AvgIpc) is 3.53. The van der Waals surface area contributed by atoms with Crippen molar-refractivity contribution < 1.29 is 19.2 Å². The Balaban J connectivity index is 0.985. The zero-order valence-electron chi connectivity index (χ0n) is 25.8. The molecule has 1 aromatic heterocycles. The second kappa shape index (κ2) is 12.0. The number of benzene rings is 1. The van der Waals surface area contributed by atoms with E-state index in [-0.39, 0.29) is 30.3 Å². The SMILES string of the molecule is CN1C[C@H](Nc2cnn(C)c(=O)c2Br)C[C@H](C2=CC=C(CN3Cc4cc5c(cc4C3)C(=O)N(C3CCC(=O)NC3=O)C5=O)CC2)C1. The number of nitrogens with zero attached hydrogens (tertiary/aromatic N) is 5. The van der Waals surface area contributed by atoms with E-state index in [2.05, 4.69) is 60.7 Å². The maximum Gasteiger partial charge on any atom is 0.282 e. The van der Waals surface area contributed by atoms with Crippen LogP contribution in [-0.4, -0.2) is 86.9 Å². The van der Waals surface area contributed by atoms with Crippen molar-refractivity contribution in [3.05, 3.63) is 78.7 Å². The maximum atomic E-state index is 13.3. The fourth-order valence-electron chi connectivity index (χ4n) is 7.53. The Morgan fingerprint density at radius 1 is 0.957 bits per heavy atom. The van der Waals surface area contributed by atoms with Gasteiger partial charge in [0.25, 0.3) is 17.4 Å². The molecule has 3 atom stereocenters. The Morgan fingerprint density at radius 3 is 2.33 bits per heavy atom. The second-order valence-electron chi connectivity index (χ2n) is 13.1. The predicted molar refractivity (Wildman–Crippen MR) is 173 cm³/mol. The molecule has 1 unspecified atom stereocenters. The van der Waals surface area contributed by atoms with E-state index in [1.54, 1.807) is 13.2 Å². The molecule has 2 fully saturated rings. The van der Waals surface area contributed by atoms with Crippen LogP contribution in [0.1, 0.15) is 63.9 Å². The van der Waals surface area contributed by atoms with Gasteiger partial charge in [-0.05, 0) is 77.8 Å². The molecule has 2 N–H and O–H groups in total. The fraction of sp³-hybridized carbons (Fsp3) is 0.455. The number of fused-ring (bicyclic) bond motifs is 2. The molecule has 4 aliphatic heterocycles. The zero-order valence-corrected chi connectivity index (χ0v) is 27.4. The number of rotatable bonds is 6. The molecule has 0 saturated carbocycles. The second-order valence-corrected chi connectivity index (χ2v) is 13.9. The van der Waals surface area contributed by atoms with Crippen LogP contribution in [-0.2, 0) is 29.7 Å². The Kier molecular flexibility index (Phi) is 8.02. The van der Waals surface area contributed by atoms with Gasteiger partial charge in [0.1, 0.15) is 10.5 Å². The summed E-state index contributed by atoms with van der Waals surface area (Å²) in [6, 6.07) is 2.87. The normalized spacial score (nSPS) is 25.3. The first-order valence-corrected chi connectivity index (χ1v) is 16.5. The molecule has 1 aromatic carbocycles. The van der Waals surface area contributed by atoms with Crippen LogP contribution in [0.15, 0.2) is 50.9 Å². The Bertz CT molecular complexity index is 1750. The van der Waals surface area contributed by atoms with Gasteiger partial charge in [-0.3, -0.25) is 39.1 Å². The van der Waals surface area contributed by atoms with Gasteiger partial charge in [-0.1, -0.05) is 23.3 Å². The molecule has 2 saturated heterocycles. The van der Waals surface area contributed by atoms with Crippen molar-refractivity contribution in [1.29, 1.82) is 0 Å². The van der Waals surface area contributed by atoms with Crippen molar-refractivity contribution in [3.8, 4) is 0 Å². The first kappa shape index (κ1) is 30.7. The summed E-state index contributed by atoms with van der Waals surface area (Å²) in [5, 5.41) is 9.95. The number of hydrogen-bond donors (Lipinski definition) is 2. The van der Waals surface area contributed by atoms with Crippen LogP contribution in [0.5, 0.6) is 0 Å². The zero-order chi connectivity index (χ0) is 32.3. The van der Waals surface area contributed by atoms with Crippen molar-refractivity contribution in [2.24, 2.45) is 13.0 Å². The van der Waals surface area contributed by atoms with Crippen LogP contribution in [0.25, 0.3) is 0 Å². The number of amides is 4. The molecule has 2 aromatic rings. The number of imide groups is 2. The first-order chi connectivity index (χ1) is 22.0. The number of halogens is 1. The highest BCUT2D eigenvalue weighted by molar-refractivity contribution is 9.10. The van der Waals surface area contributed by atoms with E-state index in [4.69, 9.17) is 0 Å². The summed E-state index contributed by atoms with van der Waals surface area (Å²) in [6.07, 6.45) is 9.45. The van der Waals surface area contributed by atoms with Gasteiger partial charge in [-0.25, -0.2) is 4.68 Å². The van der Waals surface area contributed by atoms with Crippen LogP contribution < -0.4 is 16.2 Å². The smallest absolute Gasteiger partial charge is 0.282 e. The molecule has 5 aliphatic rings. The number of likely N-dealkylation sites (N-methyl/N-ethyl adjacent to an activating group) is 1. The lowest BCUT2D eigenvalue weighted by Crippen LogP contribution is -2.54. The van der Waals surface area contributed by atoms with Crippen LogP contribution in [0, 0.1) is 5.92 Å². The number of nitrogens with one attached hydrogen (secondary N) is 2. The number of aryl methyl sites for hydroxylation is 1. The molecule has 0 radical (unpaired) electrons. The van der Waals surface area contributed by atoms with Crippen molar-refractivity contribution in [3.63, 3.8) is 0 Å². The van der Waals surface area contributed by atoms with Crippen molar-refractivity contribution >= 4 is 45.2 Å². The average molecular weight is 691 g/mol. The molecule has 5 heterocycles. The molecule has 0 bridgehead atoms. The first-order valence-electron chi connectivity index (χ1n) is 15.7. The highest BCUT2D eigenvalue weighted by atomic mass is 79.9. The third kappa shape index (κ3) is 5.64. The van der Waals surface area contributed by atoms with Gasteiger partial charge < -0.3 is 10.2 Å². The van der Waals surface area contributed by atoms with Crippen LogP contribution in [0.4, 0.5) is 5.69 Å². The maximum absolute atomic E-state index is 13.3. The topological polar surface area (TPSA) is 137 Å². The van der Waals surface area contributed by atoms with Gasteiger partial charge in [-0.15, -0.1) is 0 Å². The molecule has 12 nitrogen and oxygen atoms in total. The van der Waals surface area contributed by atoms with E-state index in [9.17, 15) is 24.0 Å². The number of anilines is 1. The Morgan fingerprint density at radius 2 is 1.67 bits per heavy atom. The minimum Gasteiger partial charge on any atom is -0.379 e. The summed E-state index contributed by atoms with van der Waals surface area (Å²) in [7, 11) is 3.77. The lowest BCUT2D eigenvalue weighted by Gasteiger charge is -2.38. The number of allylic oxidation sites excluding steroid dienone is 2. The van der Waals surface area contributed by atoms with E-state index in [1.807, 2.05) is 12.1 Å². The van der Waals surface area contributed by atoms with Gasteiger partial charge in [0.2, 0.25) is 11.8 Å². The van der Waals surface area contributed by atoms with E-state index >= 15 is 0 Å². The Labute approximate surface area is 274 Å². The number of piperidine rings is 2. The lowest BCUT2D eigenvalue weighted by molar-refractivity contribution is -0.136. The largest absolute Gasteiger partial charge is 0.379 e. The molecular formula is C33H36BrN7O5. The molecule has 7 rings (SSSR count). The van der Waals surface area contributed by atoms with E-state index in [1.165, 1.54) is 15.8 Å². The van der Waals surface area contributed by atoms with Gasteiger partial charge in [-0.2, -0.15) is 5.10 Å². The van der Waals surface area contributed by atoms with Crippen LogP contribution in [0.2, 0.25) is 0 Å². The molecule has 46 heavy (non-hydrogen) atoms. The van der Waals surface area contributed by atoms with Crippen molar-refractivity contribution in [1.82, 2.24) is 29.8 Å². The standard InChI is InChI=1S/C33H36BrN7O5/c1-38-14-20(9-23(17-38)36-26-12-35-39(2)33(46)29(26)34)19-5-3-18(4-6-19)13-40-15-21-10-24-25(11-22(21)16-40)32(45)41(31(24)44)27-7-8-28(42)37-30(27)43/h3,5,10-12,20,23,27,36H,4,6-9,13-17H2,1-2H3,(H,37,42,43)/t20-,23+,27?/m0/s1. The van der Waals surface area contributed by atoms with Crippen molar-refractivity contribution in [2.45, 2.75) is 57.3 Å². The highest BCUT2D eigenvalue weighted by Gasteiger charge is 2.45. The number of carbonyl (C=O) groups excluding carboxylic acids is 4. The third-order valence-electron chi connectivity index (χ3n) is 9.84. The molecule has 1 aliphatic carbocycles. The highest BCUT2D eigenvalue weighted by Crippen LogP contribution is 2.36. The summed E-state index contributed by atoms with van der Waals surface area (Å²) in [6.45, 7) is 4.06. The fourth-order valence-corrected chi connectivity index (χ4v) is 8.00. The number of carbonyl (C=O) groups is 4. The minimum atomic E-state index is -0.956. The summed E-state index contributed by atoms with van der Waals surface area (Å²) in [5.74, 6) is -1.50. The van der Waals surface area contributed by atoms with Gasteiger partial charge in [0.15, 0.2) is 0 Å². The summed E-state index contributed by atoms with van der Waals surface area (Å²) >= 11 is 3.43. The molecule has 13 heteroatoms. The van der Waals surface area contributed by atoms with Crippen LogP contribution >= 0.6 is 15.9 Å². The monoisotopic (exact) mass is 689 g/mol. The Hall–Kier alpha value is -3.94. The number of aromatic nitrogens is 2. The number of hydrogen-bond acceptors (Lipinski definition) is 9. The van der Waals surface area contributed by atoms with E-state index in [0.29, 0.717) is 34.6 Å². The van der Waals surface area contributed by atoms with Crippen LogP contribution in [0.3, 0.4) is 0 Å². The summed E-state index contributed by atoms with van der Waals surface area (Å²) < 4.78 is 1.82. The molecule has 4 amide bonds. The minimum absolute atomic E-state index is 0.102. The van der Waals surface area contributed by atoms with E-state index in [0.717, 1.165) is 60.6 Å². The predicted octanol–water partition coefficient (Wildman–Crippen LogP) is 2.34.